The van der Waals surface area contributed by atoms with Gasteiger partial charge in [0.25, 0.3) is 0 Å². The van der Waals surface area contributed by atoms with Crippen molar-refractivity contribution in [3.63, 3.8) is 0 Å². The van der Waals surface area contributed by atoms with Crippen LogP contribution in [0.4, 0.5) is 13.2 Å². The van der Waals surface area contributed by atoms with Crippen LogP contribution in [-0.4, -0.2) is 17.1 Å². The van der Waals surface area contributed by atoms with E-state index in [2.05, 4.69) is 5.32 Å². The fourth-order valence-electron chi connectivity index (χ4n) is 3.60. The van der Waals surface area contributed by atoms with Crippen molar-refractivity contribution in [1.29, 1.82) is 0 Å². The van der Waals surface area contributed by atoms with Crippen LogP contribution in [0.1, 0.15) is 42.4 Å². The Labute approximate surface area is 156 Å². The number of carbonyl (C=O) groups excluding carboxylic acids is 1. The third kappa shape index (κ3) is 4.89. The van der Waals surface area contributed by atoms with Gasteiger partial charge in [-0.1, -0.05) is 48.5 Å². The summed E-state index contributed by atoms with van der Waals surface area (Å²) in [5, 5.41) is 13.7. The highest BCUT2D eigenvalue weighted by atomic mass is 19.4. The minimum absolute atomic E-state index is 0.0766. The van der Waals surface area contributed by atoms with Crippen LogP contribution in [0.3, 0.4) is 0 Å². The molecule has 2 aromatic carbocycles. The Kier molecular flexibility index (Phi) is 5.56. The molecular weight excluding hydrogens is 355 g/mol. The summed E-state index contributed by atoms with van der Waals surface area (Å²) >= 11 is 0. The fraction of sp³-hybridized carbons (Fsp3) is 0.381. The maximum absolute atomic E-state index is 12.8. The van der Waals surface area contributed by atoms with Gasteiger partial charge in [0.2, 0.25) is 5.91 Å². The molecule has 0 bridgehead atoms. The molecule has 1 amide bonds. The number of rotatable bonds is 4. The maximum atomic E-state index is 12.8. The highest BCUT2D eigenvalue weighted by Crippen LogP contribution is 2.37. The van der Waals surface area contributed by atoms with E-state index in [0.717, 1.165) is 17.7 Å². The lowest BCUT2D eigenvalue weighted by molar-refractivity contribution is -0.137. The molecule has 144 valence electrons. The van der Waals surface area contributed by atoms with Gasteiger partial charge in [-0.15, -0.1) is 0 Å². The molecule has 1 fully saturated rings. The zero-order valence-electron chi connectivity index (χ0n) is 14.8. The normalized spacial score (nSPS) is 23.0. The first kappa shape index (κ1) is 19.4. The van der Waals surface area contributed by atoms with Crippen LogP contribution < -0.4 is 5.32 Å². The Hall–Kier alpha value is -2.34. The van der Waals surface area contributed by atoms with Gasteiger partial charge in [0.15, 0.2) is 0 Å². The summed E-state index contributed by atoms with van der Waals surface area (Å²) in [5.74, 6) is -0.301. The van der Waals surface area contributed by atoms with Gasteiger partial charge in [0, 0.05) is 6.04 Å². The molecule has 6 heteroatoms. The summed E-state index contributed by atoms with van der Waals surface area (Å²) in [6.07, 6.45) is -2.20. The highest BCUT2D eigenvalue weighted by molar-refractivity contribution is 5.78. The van der Waals surface area contributed by atoms with E-state index in [1.807, 2.05) is 30.3 Å². The predicted octanol–water partition coefficient (Wildman–Crippen LogP) is 4.19. The Morgan fingerprint density at radius 3 is 2.37 bits per heavy atom. The molecule has 1 saturated carbocycles. The summed E-state index contributed by atoms with van der Waals surface area (Å²) in [7, 11) is 0. The summed E-state index contributed by atoms with van der Waals surface area (Å²) in [5.41, 5.74) is -0.431. The Bertz CT molecular complexity index is 782. The molecule has 3 rings (SSSR count). The molecule has 27 heavy (non-hydrogen) atoms. The number of benzene rings is 2. The number of halogens is 3. The first-order valence-corrected chi connectivity index (χ1v) is 9.00. The van der Waals surface area contributed by atoms with Crippen LogP contribution in [0.5, 0.6) is 0 Å². The number of alkyl halides is 3. The first-order valence-electron chi connectivity index (χ1n) is 9.00. The van der Waals surface area contributed by atoms with Gasteiger partial charge in [-0.2, -0.15) is 13.2 Å². The van der Waals surface area contributed by atoms with E-state index in [1.165, 1.54) is 12.1 Å². The van der Waals surface area contributed by atoms with Crippen LogP contribution in [-0.2, 0) is 23.0 Å². The average molecular weight is 377 g/mol. The molecular formula is C21H22F3NO2. The number of aliphatic hydroxyl groups is 1. The third-order valence-corrected chi connectivity index (χ3v) is 5.11. The lowest BCUT2D eigenvalue weighted by atomic mass is 9.78. The largest absolute Gasteiger partial charge is 0.416 e. The quantitative estimate of drug-likeness (QED) is 0.839. The lowest BCUT2D eigenvalue weighted by Gasteiger charge is -2.36. The molecule has 2 N–H and O–H groups in total. The van der Waals surface area contributed by atoms with E-state index < -0.39 is 17.3 Å². The minimum Gasteiger partial charge on any atom is -0.385 e. The third-order valence-electron chi connectivity index (χ3n) is 5.11. The molecule has 0 unspecified atom stereocenters. The van der Waals surface area contributed by atoms with E-state index in [9.17, 15) is 23.1 Å². The Morgan fingerprint density at radius 1 is 1.07 bits per heavy atom. The van der Waals surface area contributed by atoms with Gasteiger partial charge in [-0.05, 0) is 42.9 Å². The van der Waals surface area contributed by atoms with E-state index in [-0.39, 0.29) is 18.4 Å². The predicted molar refractivity (Wildman–Crippen MR) is 95.9 cm³/mol. The molecule has 0 radical (unpaired) electrons. The van der Waals surface area contributed by atoms with E-state index in [0.29, 0.717) is 31.2 Å². The van der Waals surface area contributed by atoms with E-state index in [1.54, 1.807) is 0 Å². The molecule has 1 aliphatic carbocycles. The highest BCUT2D eigenvalue weighted by Gasteiger charge is 2.35. The number of amides is 1. The molecule has 0 aliphatic heterocycles. The van der Waals surface area contributed by atoms with Gasteiger partial charge < -0.3 is 10.4 Å². The van der Waals surface area contributed by atoms with Crippen molar-refractivity contribution in [1.82, 2.24) is 5.32 Å². The average Bonchev–Trinajstić information content (AvgIpc) is 2.64. The number of nitrogens with one attached hydrogen (secondary N) is 1. The van der Waals surface area contributed by atoms with Crippen molar-refractivity contribution in [3.8, 4) is 0 Å². The Morgan fingerprint density at radius 2 is 1.74 bits per heavy atom. The number of hydrogen-bond donors (Lipinski definition) is 2. The Balaban J connectivity index is 1.54. The van der Waals surface area contributed by atoms with Crippen molar-refractivity contribution in [2.24, 2.45) is 0 Å². The first-order chi connectivity index (χ1) is 12.8. The molecule has 0 atom stereocenters. The zero-order chi connectivity index (χ0) is 19.5. The summed E-state index contributed by atoms with van der Waals surface area (Å²) in [6.45, 7) is 0. The SMILES string of the molecule is O=C(Cc1cccc(C(F)(F)F)c1)NC1CCC(O)(c2ccccc2)CC1. The summed E-state index contributed by atoms with van der Waals surface area (Å²) in [6, 6.07) is 14.2. The van der Waals surface area contributed by atoms with Crippen LogP contribution in [0.2, 0.25) is 0 Å². The van der Waals surface area contributed by atoms with Crippen molar-refractivity contribution in [2.45, 2.75) is 49.9 Å². The van der Waals surface area contributed by atoms with E-state index >= 15 is 0 Å². The van der Waals surface area contributed by atoms with Gasteiger partial charge in [0.1, 0.15) is 0 Å². The number of carbonyl (C=O) groups is 1. The summed E-state index contributed by atoms with van der Waals surface area (Å²) in [4.78, 5) is 12.2. The summed E-state index contributed by atoms with van der Waals surface area (Å²) < 4.78 is 38.3. The van der Waals surface area contributed by atoms with Crippen LogP contribution >= 0.6 is 0 Å². The number of hydrogen-bond acceptors (Lipinski definition) is 2. The topological polar surface area (TPSA) is 49.3 Å². The lowest BCUT2D eigenvalue weighted by Crippen LogP contribution is -2.42. The van der Waals surface area contributed by atoms with Gasteiger partial charge in [-0.3, -0.25) is 4.79 Å². The zero-order valence-corrected chi connectivity index (χ0v) is 14.8. The minimum atomic E-state index is -4.42. The molecule has 0 spiro atoms. The second-order valence-electron chi connectivity index (χ2n) is 7.11. The smallest absolute Gasteiger partial charge is 0.385 e. The van der Waals surface area contributed by atoms with E-state index in [4.69, 9.17) is 0 Å². The monoisotopic (exact) mass is 377 g/mol. The van der Waals surface area contributed by atoms with Crippen molar-refractivity contribution in [2.75, 3.05) is 0 Å². The van der Waals surface area contributed by atoms with Crippen molar-refractivity contribution < 1.29 is 23.1 Å². The molecule has 0 saturated heterocycles. The van der Waals surface area contributed by atoms with Crippen molar-refractivity contribution >= 4 is 5.91 Å². The van der Waals surface area contributed by atoms with Gasteiger partial charge in [0.05, 0.1) is 17.6 Å². The molecule has 0 aromatic heterocycles. The fourth-order valence-corrected chi connectivity index (χ4v) is 3.60. The molecule has 2 aromatic rings. The van der Waals surface area contributed by atoms with Gasteiger partial charge in [-0.25, -0.2) is 0 Å². The van der Waals surface area contributed by atoms with Crippen molar-refractivity contribution in [3.05, 3.63) is 71.3 Å². The molecule has 0 heterocycles. The second kappa shape index (κ2) is 7.72. The maximum Gasteiger partial charge on any atom is 0.416 e. The second-order valence-corrected chi connectivity index (χ2v) is 7.11. The van der Waals surface area contributed by atoms with Crippen LogP contribution in [0.25, 0.3) is 0 Å². The molecule has 1 aliphatic rings. The standard InChI is InChI=1S/C21H22F3NO2/c22-21(23,24)17-8-4-5-15(13-17)14-19(26)25-18-9-11-20(27,12-10-18)16-6-2-1-3-7-16/h1-8,13,18,27H,9-12,14H2,(H,25,26). The molecule has 3 nitrogen and oxygen atoms in total. The van der Waals surface area contributed by atoms with Gasteiger partial charge >= 0.3 is 6.18 Å². The van der Waals surface area contributed by atoms with Crippen LogP contribution in [0, 0.1) is 0 Å². The van der Waals surface area contributed by atoms with Crippen LogP contribution in [0.15, 0.2) is 54.6 Å².